The molecule has 0 saturated carbocycles. The monoisotopic (exact) mass is 375 g/mol. The molecule has 0 radical (unpaired) electrons. The molecule has 0 amide bonds. The van der Waals surface area contributed by atoms with E-state index in [0.717, 1.165) is 44.5 Å². The fraction of sp³-hybridized carbons (Fsp3) is 0.450. The Hall–Kier alpha value is -1.89. The number of ether oxygens (including phenoxy) is 2. The third-order valence-electron chi connectivity index (χ3n) is 4.87. The third kappa shape index (κ3) is 4.44. The molecule has 1 aliphatic heterocycles. The molecule has 6 heteroatoms. The molecule has 26 heavy (non-hydrogen) atoms. The van der Waals surface area contributed by atoms with Crippen molar-refractivity contribution in [3.63, 3.8) is 0 Å². The molecular weight excluding hydrogens is 350 g/mol. The Balaban J connectivity index is 1.41. The van der Waals surface area contributed by atoms with Crippen molar-refractivity contribution in [1.29, 1.82) is 0 Å². The van der Waals surface area contributed by atoms with Crippen LogP contribution in [0.3, 0.4) is 0 Å². The SMILES string of the molecule is COC(=O)c1sccc1OCCCN1CCC(O)(c2ccccc2)CC1. The number of rotatable bonds is 7. The van der Waals surface area contributed by atoms with Crippen LogP contribution in [0, 0.1) is 0 Å². The summed E-state index contributed by atoms with van der Waals surface area (Å²) in [5.41, 5.74) is 0.302. The van der Waals surface area contributed by atoms with E-state index >= 15 is 0 Å². The zero-order valence-corrected chi connectivity index (χ0v) is 15.8. The molecule has 2 heterocycles. The first-order valence-corrected chi connectivity index (χ1v) is 9.79. The zero-order valence-electron chi connectivity index (χ0n) is 15.0. The van der Waals surface area contributed by atoms with Gasteiger partial charge in [-0.1, -0.05) is 30.3 Å². The smallest absolute Gasteiger partial charge is 0.351 e. The van der Waals surface area contributed by atoms with Gasteiger partial charge in [-0.15, -0.1) is 11.3 Å². The van der Waals surface area contributed by atoms with Gasteiger partial charge in [-0.25, -0.2) is 4.79 Å². The molecule has 1 aromatic heterocycles. The number of hydrogen-bond donors (Lipinski definition) is 1. The molecule has 140 valence electrons. The fourth-order valence-corrected chi connectivity index (χ4v) is 4.06. The number of esters is 1. The summed E-state index contributed by atoms with van der Waals surface area (Å²) < 4.78 is 10.5. The number of benzene rings is 1. The fourth-order valence-electron chi connectivity index (χ4n) is 3.31. The Kier molecular flexibility index (Phi) is 6.29. The number of thiophene rings is 1. The largest absolute Gasteiger partial charge is 0.492 e. The van der Waals surface area contributed by atoms with E-state index in [1.54, 1.807) is 6.07 Å². The first-order chi connectivity index (χ1) is 12.6. The van der Waals surface area contributed by atoms with Gasteiger partial charge in [-0.2, -0.15) is 0 Å². The lowest BCUT2D eigenvalue weighted by molar-refractivity contribution is -0.0264. The second-order valence-electron chi connectivity index (χ2n) is 6.55. The van der Waals surface area contributed by atoms with Gasteiger partial charge in [0.05, 0.1) is 19.3 Å². The Morgan fingerprint density at radius 3 is 2.65 bits per heavy atom. The minimum atomic E-state index is -0.708. The van der Waals surface area contributed by atoms with E-state index in [2.05, 4.69) is 4.90 Å². The summed E-state index contributed by atoms with van der Waals surface area (Å²) in [6, 6.07) is 11.7. The molecule has 5 nitrogen and oxygen atoms in total. The molecule has 0 aliphatic carbocycles. The second kappa shape index (κ2) is 8.66. The Bertz CT molecular complexity index is 708. The highest BCUT2D eigenvalue weighted by atomic mass is 32.1. The molecule has 2 aromatic rings. The van der Waals surface area contributed by atoms with Crippen molar-refractivity contribution >= 4 is 17.3 Å². The summed E-state index contributed by atoms with van der Waals surface area (Å²) in [5.74, 6) is 0.241. The van der Waals surface area contributed by atoms with Crippen LogP contribution in [0.15, 0.2) is 41.8 Å². The molecule has 3 rings (SSSR count). The van der Waals surface area contributed by atoms with Gasteiger partial charge in [0.15, 0.2) is 4.88 Å². The van der Waals surface area contributed by atoms with E-state index in [1.165, 1.54) is 18.4 Å². The highest BCUT2D eigenvalue weighted by Crippen LogP contribution is 2.32. The third-order valence-corrected chi connectivity index (χ3v) is 5.75. The normalized spacial score (nSPS) is 17.0. The molecule has 1 saturated heterocycles. The van der Waals surface area contributed by atoms with Crippen LogP contribution in [-0.2, 0) is 10.3 Å². The summed E-state index contributed by atoms with van der Waals surface area (Å²) in [6.45, 7) is 3.22. The topological polar surface area (TPSA) is 59.0 Å². The minimum absolute atomic E-state index is 0.355. The number of likely N-dealkylation sites (tertiary alicyclic amines) is 1. The van der Waals surface area contributed by atoms with E-state index in [9.17, 15) is 9.90 Å². The van der Waals surface area contributed by atoms with Gasteiger partial charge in [0.25, 0.3) is 0 Å². The van der Waals surface area contributed by atoms with E-state index in [-0.39, 0.29) is 5.97 Å². The summed E-state index contributed by atoms with van der Waals surface area (Å²) in [5, 5.41) is 12.7. The minimum Gasteiger partial charge on any atom is -0.492 e. The van der Waals surface area contributed by atoms with Crippen molar-refractivity contribution in [2.24, 2.45) is 0 Å². The molecule has 0 atom stereocenters. The lowest BCUT2D eigenvalue weighted by atomic mass is 9.84. The molecule has 1 aliphatic rings. The van der Waals surface area contributed by atoms with Crippen molar-refractivity contribution in [3.05, 3.63) is 52.2 Å². The van der Waals surface area contributed by atoms with Gasteiger partial charge < -0.3 is 19.5 Å². The molecule has 0 unspecified atom stereocenters. The van der Waals surface area contributed by atoms with Crippen molar-refractivity contribution in [2.45, 2.75) is 24.9 Å². The number of piperidine rings is 1. The van der Waals surface area contributed by atoms with Gasteiger partial charge in [-0.05, 0) is 36.3 Å². The number of hydrogen-bond acceptors (Lipinski definition) is 6. The van der Waals surface area contributed by atoms with Gasteiger partial charge in [0, 0.05) is 19.6 Å². The molecule has 1 N–H and O–H groups in total. The van der Waals surface area contributed by atoms with Crippen molar-refractivity contribution in [2.75, 3.05) is 33.4 Å². The Labute approximate surface area is 158 Å². The van der Waals surface area contributed by atoms with E-state index in [4.69, 9.17) is 9.47 Å². The second-order valence-corrected chi connectivity index (χ2v) is 7.46. The Morgan fingerprint density at radius 1 is 1.23 bits per heavy atom. The maximum absolute atomic E-state index is 11.6. The first-order valence-electron chi connectivity index (χ1n) is 8.91. The standard InChI is InChI=1S/C20H25NO4S/c1-24-19(22)18-17(8-15-26-18)25-14-5-11-21-12-9-20(23,10-13-21)16-6-3-2-4-7-16/h2-4,6-8,15,23H,5,9-14H2,1H3. The predicted octanol–water partition coefficient (Wildman–Crippen LogP) is 3.29. The van der Waals surface area contributed by atoms with Gasteiger partial charge >= 0.3 is 5.97 Å². The highest BCUT2D eigenvalue weighted by Gasteiger charge is 2.33. The number of methoxy groups -OCH3 is 1. The summed E-state index contributed by atoms with van der Waals surface area (Å²) in [6.07, 6.45) is 2.37. The zero-order chi connectivity index (χ0) is 18.4. The highest BCUT2D eigenvalue weighted by molar-refractivity contribution is 7.12. The Morgan fingerprint density at radius 2 is 1.96 bits per heavy atom. The molecule has 1 aromatic carbocycles. The van der Waals surface area contributed by atoms with Crippen LogP contribution < -0.4 is 4.74 Å². The van der Waals surface area contributed by atoms with Crippen LogP contribution >= 0.6 is 11.3 Å². The number of aliphatic hydroxyl groups is 1. The van der Waals surface area contributed by atoms with Crippen LogP contribution in [0.5, 0.6) is 5.75 Å². The summed E-state index contributed by atoms with van der Waals surface area (Å²) in [4.78, 5) is 14.5. The van der Waals surface area contributed by atoms with Crippen LogP contribution in [0.2, 0.25) is 0 Å². The number of carbonyl (C=O) groups is 1. The number of carbonyl (C=O) groups excluding carboxylic acids is 1. The predicted molar refractivity (Wildman–Crippen MR) is 102 cm³/mol. The molecule has 0 bridgehead atoms. The van der Waals surface area contributed by atoms with Gasteiger partial charge in [0.2, 0.25) is 0 Å². The van der Waals surface area contributed by atoms with Crippen LogP contribution in [0.4, 0.5) is 0 Å². The van der Waals surface area contributed by atoms with Crippen molar-refractivity contribution in [1.82, 2.24) is 4.90 Å². The van der Waals surface area contributed by atoms with Gasteiger partial charge in [0.1, 0.15) is 5.75 Å². The average molecular weight is 375 g/mol. The van der Waals surface area contributed by atoms with Crippen molar-refractivity contribution < 1.29 is 19.4 Å². The van der Waals surface area contributed by atoms with E-state index in [0.29, 0.717) is 17.2 Å². The molecule has 0 spiro atoms. The average Bonchev–Trinajstić information content (AvgIpc) is 3.15. The quantitative estimate of drug-likeness (QED) is 0.594. The maximum Gasteiger partial charge on any atom is 0.351 e. The lowest BCUT2D eigenvalue weighted by Gasteiger charge is -2.38. The lowest BCUT2D eigenvalue weighted by Crippen LogP contribution is -2.43. The van der Waals surface area contributed by atoms with Crippen LogP contribution in [0.1, 0.15) is 34.5 Å². The van der Waals surface area contributed by atoms with Crippen LogP contribution in [-0.4, -0.2) is 49.3 Å². The van der Waals surface area contributed by atoms with Gasteiger partial charge in [-0.3, -0.25) is 0 Å². The van der Waals surface area contributed by atoms with E-state index < -0.39 is 5.60 Å². The maximum atomic E-state index is 11.6. The first kappa shape index (κ1) is 18.9. The number of nitrogens with zero attached hydrogens (tertiary/aromatic N) is 1. The van der Waals surface area contributed by atoms with E-state index in [1.807, 2.05) is 35.7 Å². The van der Waals surface area contributed by atoms with Crippen LogP contribution in [0.25, 0.3) is 0 Å². The molecule has 1 fully saturated rings. The van der Waals surface area contributed by atoms with Crippen molar-refractivity contribution in [3.8, 4) is 5.75 Å². The molecular formula is C20H25NO4S. The summed E-state index contributed by atoms with van der Waals surface area (Å²) in [7, 11) is 1.37. The summed E-state index contributed by atoms with van der Waals surface area (Å²) >= 11 is 1.33.